The number of aliphatic hydroxyl groups excluding tert-OH is 1. The number of carbonyl (C=O) groups is 4. The van der Waals surface area contributed by atoms with Gasteiger partial charge < -0.3 is 64.9 Å². The third kappa shape index (κ3) is 1340. The second-order valence-electron chi connectivity index (χ2n) is 19.4. The molecule has 0 aromatic heterocycles. The van der Waals surface area contributed by atoms with Crippen molar-refractivity contribution >= 4 is 66.7 Å². The second kappa shape index (κ2) is 326. The summed E-state index contributed by atoms with van der Waals surface area (Å²) in [4.78, 5) is 38.0. The predicted molar refractivity (Wildman–Crippen MR) is 487 cm³/mol. The number of halogens is 11. The summed E-state index contributed by atoms with van der Waals surface area (Å²) in [7, 11) is 1.68. The van der Waals surface area contributed by atoms with E-state index in [-0.39, 0.29) is 330 Å². The van der Waals surface area contributed by atoms with Gasteiger partial charge >= 0.3 is 302 Å². The molecule has 0 amide bonds. The molecule has 0 aromatic rings. The Hall–Kier alpha value is 5.12. The van der Waals surface area contributed by atoms with Gasteiger partial charge in [-0.15, -0.1) is 58.8 Å². The summed E-state index contributed by atoms with van der Waals surface area (Å²) < 4.78 is 101. The van der Waals surface area contributed by atoms with Crippen molar-refractivity contribution in [2.24, 2.45) is 0 Å². The molecule has 0 spiro atoms. The summed E-state index contributed by atoms with van der Waals surface area (Å²) in [5, 5.41) is 45.9. The van der Waals surface area contributed by atoms with Gasteiger partial charge in [0.1, 0.15) is 36.1 Å². The number of alkyl halides is 1. The molecular formula is C87H188BBr2F9K4LiNa2O12. The molecule has 0 saturated heterocycles. The van der Waals surface area contributed by atoms with Gasteiger partial charge in [-0.3, -0.25) is 4.79 Å². The van der Waals surface area contributed by atoms with Crippen LogP contribution < -0.4 is 299 Å². The standard InChI is InChI=1S/C6H14.C6H12.C5H8O.C5H12.C4H6F2.2C4H9O.2C4H10.C4H9.C4H8.C4H6.C3H3F3.C3H8O.C3H6O.C3H4.C2H5Br.C2F4.C2H6O.2C2H4O.5C2H6.CH2O3.B.BrH.4K.Li.2Na.H2O.2H/c2*1-3-5-6-4-2;1-4-5(2,3)6;1-3-5-4-2;1-3(5)4(2)6;2*1-4(2,3)5;5*1-3-4-2;1-2(4)3(5)6;1-3-4-2;1-2-3-4;1-3-2;1-2-3;3-1(4)2(5)6;3*1-2-3;5*1-2;2-1-4-3;;;;;;;;;;;;/h3-6H2,1-2H3;5-6H,3-4H2,1-2H3;1,6H,2-3H3;3-5H2,1-2H3;1-2H3;2*1-3H3;2*3-4H2,1-2H3;1,3-4H2,2H3;3-4H,1-2H3;1-2H3;1H3;3H2,1-2H3;3H,2H2,1H3;1H,2H3;2H2,1H3;;3H,2H2,1H3;2*2H,1H3;5*1-2H3;1,3H;;1H;;;;;;;;1H2;;/q;;;;;2*-1;;;-1;;;;;;;;;;;;;;;;;;;;7*+1;;2*-1/p-2/b;6-5-;;;4-3+;;;;;;4-3+;;;;;;;;;;;;;;;;;;;;;;;;;;;;. The van der Waals surface area contributed by atoms with Gasteiger partial charge in [0.2, 0.25) is 0 Å². The van der Waals surface area contributed by atoms with E-state index in [0.29, 0.717) is 13.3 Å². The molecule has 31 heteroatoms. The third-order valence-corrected chi connectivity index (χ3v) is 5.96. The van der Waals surface area contributed by atoms with Crippen LogP contribution in [0.25, 0.3) is 0 Å². The van der Waals surface area contributed by atoms with Crippen LogP contribution in [-0.4, -0.2) is 91.9 Å². The molecular weight excluding hydrogens is 1790 g/mol. The van der Waals surface area contributed by atoms with Gasteiger partial charge in [-0.2, -0.15) is 32.8 Å². The number of aldehydes is 3. The van der Waals surface area contributed by atoms with Crippen molar-refractivity contribution in [2.75, 3.05) is 25.7 Å². The van der Waals surface area contributed by atoms with E-state index in [1.165, 1.54) is 104 Å². The first kappa shape index (κ1) is 248. The molecule has 0 saturated carbocycles. The molecule has 12 nitrogen and oxygen atoms in total. The molecule has 0 atom stereocenters. The molecule has 0 aliphatic heterocycles. The first-order chi connectivity index (χ1) is 50.1. The van der Waals surface area contributed by atoms with E-state index >= 15 is 0 Å². The van der Waals surface area contributed by atoms with Crippen molar-refractivity contribution in [1.82, 2.24) is 0 Å². The Morgan fingerprint density at radius 2 is 0.627 bits per heavy atom. The van der Waals surface area contributed by atoms with Gasteiger partial charge in [-0.05, 0) is 110 Å². The maximum Gasteiger partial charge on any atom is 1.00 e. The maximum absolute atomic E-state index is 11.3. The fourth-order valence-corrected chi connectivity index (χ4v) is 1.19. The van der Waals surface area contributed by atoms with Crippen LogP contribution in [0.5, 0.6) is 0 Å². The van der Waals surface area contributed by atoms with Gasteiger partial charge in [0.05, 0.1) is 0 Å². The van der Waals surface area contributed by atoms with Crippen LogP contribution in [0, 0.1) is 43.5 Å². The summed E-state index contributed by atoms with van der Waals surface area (Å²) in [5.41, 5.74) is -2.43. The average molecular weight is 1980 g/mol. The van der Waals surface area contributed by atoms with Crippen molar-refractivity contribution in [3.05, 3.63) is 67.0 Å². The Morgan fingerprint density at radius 3 is 0.644 bits per heavy atom. The fraction of sp³-hybridized carbons (Fsp3) is 0.759. The fourth-order valence-electron chi connectivity index (χ4n) is 1.19. The van der Waals surface area contributed by atoms with Crippen LogP contribution in [0.4, 0.5) is 39.5 Å². The molecule has 0 heterocycles. The number of rotatable bonds is 13. The quantitative estimate of drug-likeness (QED) is 0.0169. The van der Waals surface area contributed by atoms with Crippen molar-refractivity contribution in [2.45, 2.75) is 417 Å². The summed E-state index contributed by atoms with van der Waals surface area (Å²) in [6.07, 6.45) is 32.2. The summed E-state index contributed by atoms with van der Waals surface area (Å²) in [6, 6.07) is 0. The summed E-state index contributed by atoms with van der Waals surface area (Å²) in [6.45, 7) is 84.0. The van der Waals surface area contributed by atoms with Crippen LogP contribution >= 0.6 is 32.9 Å². The van der Waals surface area contributed by atoms with Crippen molar-refractivity contribution < 1.29 is 386 Å². The topological polar surface area (TPSA) is 226 Å². The van der Waals surface area contributed by atoms with Crippen LogP contribution in [0.15, 0.2) is 60.0 Å². The summed E-state index contributed by atoms with van der Waals surface area (Å²) in [5.74, 6) is 6.88. The van der Waals surface area contributed by atoms with Gasteiger partial charge in [0.25, 0.3) is 6.47 Å². The number of unbranched alkanes of at least 4 members (excludes halogenated alkanes) is 8. The van der Waals surface area contributed by atoms with Crippen LogP contribution in [0.2, 0.25) is 0 Å². The molecule has 0 unspecified atom stereocenters. The van der Waals surface area contributed by atoms with Gasteiger partial charge in [0.15, 0.2) is 5.83 Å². The first-order valence-electron chi connectivity index (χ1n) is 38.1. The van der Waals surface area contributed by atoms with Crippen LogP contribution in [0.3, 0.4) is 0 Å². The van der Waals surface area contributed by atoms with E-state index in [1.807, 2.05) is 130 Å². The normalized spacial score (nSPS) is 7.10. The van der Waals surface area contributed by atoms with E-state index in [0.717, 1.165) is 51.1 Å². The summed E-state index contributed by atoms with van der Waals surface area (Å²) >= 11 is 3.15. The van der Waals surface area contributed by atoms with E-state index in [1.54, 1.807) is 76.3 Å². The van der Waals surface area contributed by atoms with E-state index in [9.17, 15) is 54.5 Å². The number of hydrogen-bond acceptors (Lipinski definition) is 12. The minimum absolute atomic E-state index is 0. The number of ether oxygens (including phenoxy) is 1. The number of methoxy groups -OCH3 is 1. The number of hydrogen-bond donors (Lipinski definition) is 2. The largest absolute Gasteiger partial charge is 1.00 e. The molecule has 3 N–H and O–H groups in total. The zero-order valence-electron chi connectivity index (χ0n) is 89.2. The smallest absolute Gasteiger partial charge is 1.00 e. The van der Waals surface area contributed by atoms with Gasteiger partial charge in [0, 0.05) is 40.5 Å². The number of terminal acetylenes is 2. The zero-order chi connectivity index (χ0) is 94.3. The maximum atomic E-state index is 11.3. The zero-order valence-corrected chi connectivity index (χ0v) is 107. The van der Waals surface area contributed by atoms with Crippen molar-refractivity contribution in [3.63, 3.8) is 0 Å². The molecule has 695 valence electrons. The molecule has 0 aliphatic carbocycles. The van der Waals surface area contributed by atoms with Gasteiger partial charge in [-0.1, -0.05) is 324 Å². The Balaban J connectivity index is -0.0000000154. The first-order valence-corrected chi connectivity index (χ1v) is 39.2. The van der Waals surface area contributed by atoms with E-state index < -0.39 is 52.5 Å². The molecule has 118 heavy (non-hydrogen) atoms. The Morgan fingerprint density at radius 1 is 0.492 bits per heavy atom. The Kier molecular flexibility index (Phi) is 684. The minimum Gasteiger partial charge on any atom is -1.00 e. The molecule has 0 aliphatic rings. The van der Waals surface area contributed by atoms with Crippen LogP contribution in [0.1, 0.15) is 403 Å². The SMILES string of the molecule is Br.C#CC.C#CC(C)(C)O.C/C(F)=C(/C)F.C/C=C/C.CC.CC.CC.CC.CC.CC#CC.CC(C)(C)[O-].CC(C)(C)[O-].CC(F)=C(F)F.CC/C=C\CC.CC=O.CC=O.CCBr.CCC=O.CCCC.CCCC.CCCCC.CCCCCC.CCO.CCOC.FC(F)=C(F)F.O=CO[O-].[B].[CH2-]CCC.[H-].[H-].[K+].[K+].[K+].[K+].[Li+].[Na+].[Na+].[OH-]. The Bertz CT molecular complexity index is 1460. The van der Waals surface area contributed by atoms with Gasteiger partial charge in [-0.25, -0.2) is 13.2 Å². The Labute approximate surface area is 982 Å². The number of aliphatic hydroxyl groups is 2. The number of allylic oxidation sites excluding steroid dienone is 7. The minimum atomic E-state index is -2.91. The number of carbonyl (C=O) groups excluding carboxylic acids is 4. The van der Waals surface area contributed by atoms with Crippen molar-refractivity contribution in [1.29, 1.82) is 0 Å². The predicted octanol–water partition coefficient (Wildman–Crippen LogP) is 8.46. The van der Waals surface area contributed by atoms with E-state index in [2.05, 4.69) is 151 Å². The van der Waals surface area contributed by atoms with E-state index in [4.69, 9.17) is 36.3 Å². The average Bonchev–Trinajstić information content (AvgIpc) is 1.04. The molecule has 0 rings (SSSR count). The van der Waals surface area contributed by atoms with Crippen molar-refractivity contribution in [3.8, 4) is 36.5 Å². The second-order valence-corrected chi connectivity index (χ2v) is 20.5. The molecule has 0 fully saturated rings. The van der Waals surface area contributed by atoms with Crippen LogP contribution in [-0.2, 0) is 28.8 Å². The molecule has 0 aromatic carbocycles. The molecule has 0 bridgehead atoms. The third-order valence-electron chi connectivity index (χ3n) is 5.96. The molecule has 3 radical (unpaired) electrons. The monoisotopic (exact) mass is 1970 g/mol.